The van der Waals surface area contributed by atoms with Crippen LogP contribution >= 0.6 is 0 Å². The van der Waals surface area contributed by atoms with E-state index in [0.717, 1.165) is 6.92 Å². The van der Waals surface area contributed by atoms with Gasteiger partial charge >= 0.3 is 11.9 Å². The molecule has 0 aliphatic carbocycles. The highest BCUT2D eigenvalue weighted by molar-refractivity contribution is 5.73. The molecular weight excluding hydrogens is 404 g/mol. The average molecular weight is 426 g/mol. The van der Waals surface area contributed by atoms with E-state index in [1.165, 1.54) is 38.1 Å². The first kappa shape index (κ1) is 23.0. The smallest absolute Gasteiger partial charge is 0.303 e. The van der Waals surface area contributed by atoms with Crippen LogP contribution in [0.2, 0.25) is 0 Å². The Balaban J connectivity index is 2.31. The van der Waals surface area contributed by atoms with Crippen LogP contribution in [0.1, 0.15) is 20.8 Å². The number of esters is 2. The summed E-state index contributed by atoms with van der Waals surface area (Å²) in [5, 5.41) is 23.9. The van der Waals surface area contributed by atoms with Gasteiger partial charge < -0.3 is 29.4 Å². The number of carbonyl (C=O) groups is 3. The van der Waals surface area contributed by atoms with Gasteiger partial charge in [-0.3, -0.25) is 24.5 Å². The number of nitrogens with one attached hydrogen (secondary N) is 1. The van der Waals surface area contributed by atoms with Gasteiger partial charge in [-0.1, -0.05) is 0 Å². The van der Waals surface area contributed by atoms with Crippen molar-refractivity contribution in [3.05, 3.63) is 34.4 Å². The van der Waals surface area contributed by atoms with Crippen LogP contribution in [-0.4, -0.2) is 65.1 Å². The summed E-state index contributed by atoms with van der Waals surface area (Å²) in [7, 11) is 0. The lowest BCUT2D eigenvalue weighted by atomic mass is 9.96. The predicted molar refractivity (Wildman–Crippen MR) is 98.2 cm³/mol. The molecule has 1 aromatic carbocycles. The van der Waals surface area contributed by atoms with E-state index in [-0.39, 0.29) is 18.0 Å². The standard InChI is InChI=1S/C18H22N2O10/c1-9(21)19-15-17(28-11(3)23)16(24)14(8-27-10(2)22)30-18(15)29-13-6-4-12(5-7-13)20(25)26/h4-7,14-18,24H,8H2,1-3H3,(H,19,21)/t14-,15-,16-,17-,18-/m0/s1. The van der Waals surface area contributed by atoms with Gasteiger partial charge in [-0.25, -0.2) is 0 Å². The Morgan fingerprint density at radius 2 is 1.80 bits per heavy atom. The molecule has 0 aromatic heterocycles. The number of nitrogens with zero attached hydrogens (tertiary/aromatic N) is 1. The van der Waals surface area contributed by atoms with Gasteiger partial charge in [0.25, 0.3) is 5.69 Å². The van der Waals surface area contributed by atoms with Crippen LogP contribution in [0.25, 0.3) is 0 Å². The Labute approximate surface area is 171 Å². The molecule has 1 aliphatic heterocycles. The van der Waals surface area contributed by atoms with Crippen LogP contribution in [0.15, 0.2) is 24.3 Å². The lowest BCUT2D eigenvalue weighted by Gasteiger charge is -2.43. The van der Waals surface area contributed by atoms with Crippen molar-refractivity contribution in [2.75, 3.05) is 6.61 Å². The highest BCUT2D eigenvalue weighted by Crippen LogP contribution is 2.28. The van der Waals surface area contributed by atoms with E-state index in [4.69, 9.17) is 18.9 Å². The molecule has 0 bridgehead atoms. The molecule has 2 rings (SSSR count). The van der Waals surface area contributed by atoms with Crippen LogP contribution in [0.4, 0.5) is 5.69 Å². The molecule has 1 fully saturated rings. The zero-order valence-corrected chi connectivity index (χ0v) is 16.5. The van der Waals surface area contributed by atoms with E-state index >= 15 is 0 Å². The fourth-order valence-corrected chi connectivity index (χ4v) is 2.85. The molecule has 0 radical (unpaired) electrons. The van der Waals surface area contributed by atoms with E-state index in [1.54, 1.807) is 0 Å². The quantitative estimate of drug-likeness (QED) is 0.346. The Bertz CT molecular complexity index is 797. The number of amides is 1. The van der Waals surface area contributed by atoms with Gasteiger partial charge in [0.1, 0.15) is 30.6 Å². The van der Waals surface area contributed by atoms with E-state index in [2.05, 4.69) is 5.32 Å². The summed E-state index contributed by atoms with van der Waals surface area (Å²) in [5.41, 5.74) is -0.161. The van der Waals surface area contributed by atoms with Crippen molar-refractivity contribution in [1.29, 1.82) is 0 Å². The predicted octanol–water partition coefficient (Wildman–Crippen LogP) is 0.0589. The normalized spacial score (nSPS) is 25.7. The number of aliphatic hydroxyl groups is 1. The molecule has 1 saturated heterocycles. The molecule has 164 valence electrons. The second-order valence-corrected chi connectivity index (χ2v) is 6.51. The number of ether oxygens (including phenoxy) is 4. The highest BCUT2D eigenvalue weighted by atomic mass is 16.7. The van der Waals surface area contributed by atoms with E-state index in [1.807, 2.05) is 0 Å². The zero-order valence-electron chi connectivity index (χ0n) is 16.5. The first-order valence-electron chi connectivity index (χ1n) is 8.90. The Hall–Kier alpha value is -3.25. The van der Waals surface area contributed by atoms with Crippen molar-refractivity contribution in [3.8, 4) is 5.75 Å². The van der Waals surface area contributed by atoms with Crippen LogP contribution in [-0.2, 0) is 28.6 Å². The number of rotatable bonds is 7. The average Bonchev–Trinajstić information content (AvgIpc) is 2.65. The molecule has 30 heavy (non-hydrogen) atoms. The SMILES string of the molecule is CC(=O)N[C@@H]1[C@@H](Oc2ccc([N+](=O)[O-])cc2)O[C@@H](COC(C)=O)[C@H](O)[C@H]1OC(C)=O. The maximum atomic E-state index is 11.7. The van der Waals surface area contributed by atoms with E-state index < -0.39 is 53.4 Å². The van der Waals surface area contributed by atoms with E-state index in [0.29, 0.717) is 0 Å². The number of aliphatic hydroxyl groups excluding tert-OH is 1. The second-order valence-electron chi connectivity index (χ2n) is 6.51. The third kappa shape index (κ3) is 6.12. The molecule has 0 saturated carbocycles. The number of nitro benzene ring substituents is 1. The van der Waals surface area contributed by atoms with Gasteiger partial charge in [0.2, 0.25) is 12.2 Å². The fourth-order valence-electron chi connectivity index (χ4n) is 2.85. The summed E-state index contributed by atoms with van der Waals surface area (Å²) in [5.74, 6) is -1.70. The molecule has 5 atom stereocenters. The first-order valence-corrected chi connectivity index (χ1v) is 8.90. The minimum atomic E-state index is -1.44. The molecule has 1 aromatic rings. The largest absolute Gasteiger partial charge is 0.463 e. The zero-order chi connectivity index (χ0) is 22.4. The fraction of sp³-hybridized carbons (Fsp3) is 0.500. The Morgan fingerprint density at radius 1 is 1.17 bits per heavy atom. The molecule has 1 aliphatic rings. The lowest BCUT2D eigenvalue weighted by molar-refractivity contribution is -0.384. The van der Waals surface area contributed by atoms with E-state index in [9.17, 15) is 29.6 Å². The molecule has 0 spiro atoms. The number of hydrogen-bond donors (Lipinski definition) is 2. The van der Waals surface area contributed by atoms with Gasteiger partial charge in [-0.05, 0) is 12.1 Å². The number of hydrogen-bond acceptors (Lipinski definition) is 10. The second kappa shape index (κ2) is 9.98. The first-order chi connectivity index (χ1) is 14.1. The van der Waals surface area contributed by atoms with Crippen molar-refractivity contribution in [2.45, 2.75) is 51.4 Å². The van der Waals surface area contributed by atoms with Crippen LogP contribution in [0.5, 0.6) is 5.75 Å². The van der Waals surface area contributed by atoms with Gasteiger partial charge in [0.05, 0.1) is 4.92 Å². The minimum Gasteiger partial charge on any atom is -0.463 e. The molecule has 0 unspecified atom stereocenters. The summed E-state index contributed by atoms with van der Waals surface area (Å²) in [4.78, 5) is 44.6. The van der Waals surface area contributed by atoms with Gasteiger partial charge in [-0.15, -0.1) is 0 Å². The van der Waals surface area contributed by atoms with Crippen molar-refractivity contribution < 1.29 is 43.4 Å². The number of carbonyl (C=O) groups excluding carboxylic acids is 3. The highest BCUT2D eigenvalue weighted by Gasteiger charge is 2.49. The summed E-state index contributed by atoms with van der Waals surface area (Å²) in [6.07, 6.45) is -5.12. The molecule has 12 heteroatoms. The summed E-state index contributed by atoms with van der Waals surface area (Å²) >= 11 is 0. The Kier molecular flexibility index (Phi) is 7.66. The third-order valence-electron chi connectivity index (χ3n) is 4.10. The van der Waals surface area contributed by atoms with Crippen LogP contribution in [0, 0.1) is 10.1 Å². The molecule has 2 N–H and O–H groups in total. The summed E-state index contributed by atoms with van der Waals surface area (Å²) < 4.78 is 21.4. The van der Waals surface area contributed by atoms with Crippen molar-refractivity contribution >= 4 is 23.5 Å². The van der Waals surface area contributed by atoms with Crippen molar-refractivity contribution in [3.63, 3.8) is 0 Å². The summed E-state index contributed by atoms with van der Waals surface area (Å²) in [6.45, 7) is 3.15. The third-order valence-corrected chi connectivity index (χ3v) is 4.10. The summed E-state index contributed by atoms with van der Waals surface area (Å²) in [6, 6.07) is 3.93. The monoisotopic (exact) mass is 426 g/mol. The minimum absolute atomic E-state index is 0.158. The van der Waals surface area contributed by atoms with Crippen LogP contribution < -0.4 is 10.1 Å². The molecular formula is C18H22N2O10. The van der Waals surface area contributed by atoms with Gasteiger partial charge in [0, 0.05) is 32.9 Å². The topological polar surface area (TPSA) is 164 Å². The number of nitro groups is 1. The van der Waals surface area contributed by atoms with Crippen LogP contribution in [0.3, 0.4) is 0 Å². The maximum Gasteiger partial charge on any atom is 0.303 e. The molecule has 12 nitrogen and oxygen atoms in total. The Morgan fingerprint density at radius 3 is 2.30 bits per heavy atom. The van der Waals surface area contributed by atoms with Crippen molar-refractivity contribution in [2.24, 2.45) is 0 Å². The van der Waals surface area contributed by atoms with Gasteiger partial charge in [0.15, 0.2) is 6.10 Å². The van der Waals surface area contributed by atoms with Gasteiger partial charge in [-0.2, -0.15) is 0 Å². The maximum absolute atomic E-state index is 11.7. The lowest BCUT2D eigenvalue weighted by Crippen LogP contribution is -2.66. The molecule has 1 amide bonds. The number of benzene rings is 1. The number of non-ortho nitro benzene ring substituents is 1. The van der Waals surface area contributed by atoms with Crippen molar-refractivity contribution in [1.82, 2.24) is 5.32 Å². The molecule has 1 heterocycles.